The highest BCUT2D eigenvalue weighted by molar-refractivity contribution is 5.95. The summed E-state index contributed by atoms with van der Waals surface area (Å²) < 4.78 is 43.2. The van der Waals surface area contributed by atoms with Gasteiger partial charge in [0, 0.05) is 12.8 Å². The maximum absolute atomic E-state index is 12.7. The van der Waals surface area contributed by atoms with Crippen molar-refractivity contribution in [3.63, 3.8) is 0 Å². The number of aromatic nitrogens is 1. The van der Waals surface area contributed by atoms with Gasteiger partial charge in [-0.05, 0) is 12.5 Å². The van der Waals surface area contributed by atoms with E-state index in [2.05, 4.69) is 15.1 Å². The molecule has 0 aromatic carbocycles. The molecule has 0 saturated carbocycles. The Balaban J connectivity index is 2.34. The van der Waals surface area contributed by atoms with Crippen molar-refractivity contribution >= 4 is 11.6 Å². The van der Waals surface area contributed by atoms with Gasteiger partial charge >= 0.3 is 6.18 Å². The predicted molar refractivity (Wildman–Crippen MR) is 64.2 cm³/mol. The highest BCUT2D eigenvalue weighted by Crippen LogP contribution is 2.31. The largest absolute Gasteiger partial charge is 0.417 e. The van der Waals surface area contributed by atoms with E-state index in [0.717, 1.165) is 6.07 Å². The smallest absolute Gasteiger partial charge is 0.389 e. The number of halogens is 3. The molecule has 0 spiro atoms. The zero-order valence-corrected chi connectivity index (χ0v) is 10.3. The summed E-state index contributed by atoms with van der Waals surface area (Å²) in [6.45, 7) is 0.913. The van der Waals surface area contributed by atoms with Gasteiger partial charge in [-0.1, -0.05) is 0 Å². The van der Waals surface area contributed by atoms with Crippen molar-refractivity contribution in [2.45, 2.75) is 18.6 Å². The number of hydrogen-bond acceptors (Lipinski definition) is 6. The van der Waals surface area contributed by atoms with Crippen LogP contribution in [0.5, 0.6) is 0 Å². The predicted octanol–water partition coefficient (Wildman–Crippen LogP) is 1.52. The lowest BCUT2D eigenvalue weighted by Crippen LogP contribution is -2.23. The molecule has 2 rings (SSSR count). The van der Waals surface area contributed by atoms with Crippen LogP contribution < -0.4 is 11.2 Å². The number of rotatable bonds is 3. The maximum Gasteiger partial charge on any atom is 0.417 e. The minimum Gasteiger partial charge on any atom is -0.389 e. The van der Waals surface area contributed by atoms with Crippen LogP contribution in [0.1, 0.15) is 17.7 Å². The Hall–Kier alpha value is -1.87. The Kier molecular flexibility index (Phi) is 4.09. The van der Waals surface area contributed by atoms with E-state index in [0.29, 0.717) is 25.8 Å². The fourth-order valence-corrected chi connectivity index (χ4v) is 1.83. The van der Waals surface area contributed by atoms with Crippen molar-refractivity contribution in [1.29, 1.82) is 5.41 Å². The van der Waals surface area contributed by atoms with E-state index >= 15 is 0 Å². The van der Waals surface area contributed by atoms with Gasteiger partial charge in [-0.25, -0.2) is 4.98 Å². The molecule has 1 saturated heterocycles. The average Bonchev–Trinajstić information content (AvgIpc) is 2.89. The van der Waals surface area contributed by atoms with Gasteiger partial charge in [-0.15, -0.1) is 0 Å². The first-order valence-corrected chi connectivity index (χ1v) is 5.79. The molecule has 0 amide bonds. The Morgan fingerprint density at radius 1 is 1.55 bits per heavy atom. The number of nitrogens with one attached hydrogen (secondary N) is 2. The standard InChI is InChI=1S/C11H13F3N4O2/c12-11(13,14)6-3-8(18-7-1-2-19-5-7)9(17-4-6)10(15)20-16/h3-4,7,15,18H,1-2,5,16H2. The lowest BCUT2D eigenvalue weighted by atomic mass is 10.1. The third-order valence-corrected chi connectivity index (χ3v) is 2.84. The molecule has 1 unspecified atom stereocenters. The van der Waals surface area contributed by atoms with Crippen LogP contribution in [-0.4, -0.2) is 30.1 Å². The van der Waals surface area contributed by atoms with Gasteiger partial charge in [-0.2, -0.15) is 19.1 Å². The lowest BCUT2D eigenvalue weighted by molar-refractivity contribution is -0.137. The van der Waals surface area contributed by atoms with Crippen LogP contribution in [0.4, 0.5) is 18.9 Å². The first kappa shape index (κ1) is 14.5. The van der Waals surface area contributed by atoms with E-state index in [1.807, 2.05) is 0 Å². The number of anilines is 1. The summed E-state index contributed by atoms with van der Waals surface area (Å²) in [5.74, 6) is 4.35. The molecule has 6 nitrogen and oxygen atoms in total. The summed E-state index contributed by atoms with van der Waals surface area (Å²) in [5.41, 5.74) is -0.939. The van der Waals surface area contributed by atoms with Crippen LogP contribution in [0.3, 0.4) is 0 Å². The maximum atomic E-state index is 12.7. The Morgan fingerprint density at radius 2 is 2.30 bits per heavy atom. The molecule has 1 atom stereocenters. The molecule has 1 aromatic rings. The molecule has 2 heterocycles. The van der Waals surface area contributed by atoms with Crippen LogP contribution in [0.25, 0.3) is 0 Å². The van der Waals surface area contributed by atoms with Crippen molar-refractivity contribution in [3.05, 3.63) is 23.5 Å². The van der Waals surface area contributed by atoms with Gasteiger partial charge in [0.15, 0.2) is 0 Å². The van der Waals surface area contributed by atoms with Crippen LogP contribution in [0.2, 0.25) is 0 Å². The second kappa shape index (κ2) is 5.63. The van der Waals surface area contributed by atoms with E-state index < -0.39 is 17.6 Å². The summed E-state index contributed by atoms with van der Waals surface area (Å²) in [7, 11) is 0. The Labute approximate surface area is 112 Å². The van der Waals surface area contributed by atoms with Crippen molar-refractivity contribution in [2.24, 2.45) is 5.90 Å². The molecule has 1 aromatic heterocycles. The number of hydrogen-bond donors (Lipinski definition) is 3. The van der Waals surface area contributed by atoms with E-state index in [1.165, 1.54) is 0 Å². The van der Waals surface area contributed by atoms with Crippen LogP contribution >= 0.6 is 0 Å². The van der Waals surface area contributed by atoms with Crippen LogP contribution in [0, 0.1) is 5.41 Å². The molecule has 0 aliphatic carbocycles. The molecule has 0 radical (unpaired) electrons. The van der Waals surface area contributed by atoms with Gasteiger partial charge in [0.25, 0.3) is 5.90 Å². The zero-order chi connectivity index (χ0) is 14.8. The van der Waals surface area contributed by atoms with E-state index in [9.17, 15) is 13.2 Å². The topological polar surface area (TPSA) is 93.2 Å². The summed E-state index contributed by atoms with van der Waals surface area (Å²) in [6.07, 6.45) is -3.22. The molecule has 1 fully saturated rings. The summed E-state index contributed by atoms with van der Waals surface area (Å²) in [6, 6.07) is 0.749. The number of nitrogens with two attached hydrogens (primary N) is 1. The normalized spacial score (nSPS) is 18.9. The lowest BCUT2D eigenvalue weighted by Gasteiger charge is -2.17. The van der Waals surface area contributed by atoms with E-state index in [-0.39, 0.29) is 17.4 Å². The Bertz CT molecular complexity index is 501. The summed E-state index contributed by atoms with van der Waals surface area (Å²) >= 11 is 0. The molecule has 1 aliphatic rings. The van der Waals surface area contributed by atoms with Gasteiger partial charge in [0.1, 0.15) is 5.69 Å². The number of nitrogens with zero attached hydrogens (tertiary/aromatic N) is 1. The number of alkyl halides is 3. The van der Waals surface area contributed by atoms with Gasteiger partial charge in [-0.3, -0.25) is 5.41 Å². The van der Waals surface area contributed by atoms with Gasteiger partial charge in [0.2, 0.25) is 0 Å². The minimum absolute atomic E-state index is 0.0470. The quantitative estimate of drug-likeness (QED) is 0.446. The Morgan fingerprint density at radius 3 is 2.85 bits per heavy atom. The van der Waals surface area contributed by atoms with E-state index in [1.54, 1.807) is 0 Å². The molecule has 20 heavy (non-hydrogen) atoms. The fourth-order valence-electron chi connectivity index (χ4n) is 1.83. The molecule has 110 valence electrons. The first-order valence-electron chi connectivity index (χ1n) is 5.79. The first-order chi connectivity index (χ1) is 9.41. The molecular weight excluding hydrogens is 277 g/mol. The highest BCUT2D eigenvalue weighted by atomic mass is 19.4. The van der Waals surface area contributed by atoms with Gasteiger partial charge in [0.05, 0.1) is 23.9 Å². The molecule has 9 heteroatoms. The summed E-state index contributed by atoms with van der Waals surface area (Å²) in [5, 5.41) is 10.3. The molecule has 1 aliphatic heterocycles. The fraction of sp³-hybridized carbons (Fsp3) is 0.455. The molecule has 0 bridgehead atoms. The van der Waals surface area contributed by atoms with Crippen molar-refractivity contribution in [1.82, 2.24) is 4.98 Å². The molecule has 4 N–H and O–H groups in total. The average molecular weight is 290 g/mol. The van der Waals surface area contributed by atoms with Gasteiger partial charge < -0.3 is 14.9 Å². The van der Waals surface area contributed by atoms with E-state index in [4.69, 9.17) is 16.0 Å². The van der Waals surface area contributed by atoms with Crippen LogP contribution in [0.15, 0.2) is 12.3 Å². The second-order valence-electron chi connectivity index (χ2n) is 4.27. The van der Waals surface area contributed by atoms with Crippen LogP contribution in [-0.2, 0) is 15.8 Å². The number of pyridine rings is 1. The number of ether oxygens (including phenoxy) is 1. The highest BCUT2D eigenvalue weighted by Gasteiger charge is 2.32. The SMILES string of the molecule is N=C(ON)c1ncc(C(F)(F)F)cc1NC1CCOC1. The van der Waals surface area contributed by atoms with Crippen molar-refractivity contribution < 1.29 is 22.7 Å². The minimum atomic E-state index is -4.51. The third-order valence-electron chi connectivity index (χ3n) is 2.84. The van der Waals surface area contributed by atoms with Crippen molar-refractivity contribution in [2.75, 3.05) is 18.5 Å². The zero-order valence-electron chi connectivity index (χ0n) is 10.3. The third kappa shape index (κ3) is 3.17. The summed E-state index contributed by atoms with van der Waals surface area (Å²) in [4.78, 5) is 7.84. The second-order valence-corrected chi connectivity index (χ2v) is 4.27. The van der Waals surface area contributed by atoms with Crippen molar-refractivity contribution in [3.8, 4) is 0 Å². The monoisotopic (exact) mass is 290 g/mol. The molecular formula is C11H13F3N4O2.